The molecule has 1 heterocycles. The summed E-state index contributed by atoms with van der Waals surface area (Å²) in [5, 5.41) is 5.33. The van der Waals surface area contributed by atoms with Crippen molar-refractivity contribution in [3.63, 3.8) is 0 Å². The molecule has 0 fully saturated rings. The van der Waals surface area contributed by atoms with E-state index in [0.29, 0.717) is 18.2 Å². The number of aromatic nitrogens is 1. The van der Waals surface area contributed by atoms with Gasteiger partial charge in [-0.2, -0.15) is 0 Å². The molecule has 0 radical (unpaired) electrons. The number of carbonyl (C=O) groups excluding carboxylic acids is 1. The van der Waals surface area contributed by atoms with Gasteiger partial charge in [0.2, 0.25) is 0 Å². The SMILES string of the molecule is CC1C=CC(CNC(=O)COc2ccc3c4ccccc4n(C)c3c2)=CC1. The van der Waals surface area contributed by atoms with Crippen LogP contribution in [0, 0.1) is 5.92 Å². The number of fused-ring (bicyclic) bond motifs is 3. The van der Waals surface area contributed by atoms with E-state index in [1.54, 1.807) is 0 Å². The van der Waals surface area contributed by atoms with Gasteiger partial charge in [-0.25, -0.2) is 0 Å². The third-order valence-electron chi connectivity index (χ3n) is 5.14. The van der Waals surface area contributed by atoms with E-state index < -0.39 is 0 Å². The molecule has 1 amide bonds. The monoisotopic (exact) mass is 360 g/mol. The molecule has 1 aliphatic carbocycles. The van der Waals surface area contributed by atoms with Crippen molar-refractivity contribution in [2.75, 3.05) is 13.2 Å². The van der Waals surface area contributed by atoms with Crippen LogP contribution in [-0.4, -0.2) is 23.6 Å². The molecule has 4 rings (SSSR count). The number of hydrogen-bond donors (Lipinski definition) is 1. The first-order chi connectivity index (χ1) is 13.1. The number of carbonyl (C=O) groups is 1. The van der Waals surface area contributed by atoms with Crippen LogP contribution in [0.2, 0.25) is 0 Å². The number of ether oxygens (including phenoxy) is 1. The lowest BCUT2D eigenvalue weighted by Crippen LogP contribution is -2.30. The number of para-hydroxylation sites is 1. The first kappa shape index (κ1) is 17.4. The molecule has 1 aliphatic rings. The highest BCUT2D eigenvalue weighted by Gasteiger charge is 2.10. The fourth-order valence-corrected chi connectivity index (χ4v) is 3.53. The Morgan fingerprint density at radius 1 is 1.19 bits per heavy atom. The van der Waals surface area contributed by atoms with Gasteiger partial charge in [-0.1, -0.05) is 43.4 Å². The minimum atomic E-state index is -0.111. The van der Waals surface area contributed by atoms with E-state index in [4.69, 9.17) is 4.74 Å². The average molecular weight is 360 g/mol. The van der Waals surface area contributed by atoms with Gasteiger partial charge in [0.05, 0.1) is 5.52 Å². The summed E-state index contributed by atoms with van der Waals surface area (Å²) in [5.74, 6) is 1.17. The summed E-state index contributed by atoms with van der Waals surface area (Å²) in [7, 11) is 2.05. The Bertz CT molecular complexity index is 1060. The Morgan fingerprint density at radius 2 is 2.00 bits per heavy atom. The van der Waals surface area contributed by atoms with E-state index in [-0.39, 0.29) is 12.5 Å². The molecule has 1 N–H and O–H groups in total. The molecule has 0 aliphatic heterocycles. The summed E-state index contributed by atoms with van der Waals surface area (Å²) < 4.78 is 7.87. The lowest BCUT2D eigenvalue weighted by atomic mass is 9.99. The van der Waals surface area contributed by atoms with E-state index in [1.165, 1.54) is 16.3 Å². The van der Waals surface area contributed by atoms with Crippen molar-refractivity contribution >= 4 is 27.7 Å². The standard InChI is InChI=1S/C23H24N2O2/c1-16-7-9-17(10-8-16)14-24-23(26)15-27-18-11-12-20-19-5-3-4-6-21(19)25(2)22(20)13-18/h3-7,9-13,16H,8,14-15H2,1-2H3,(H,24,26). The molecule has 0 saturated carbocycles. The van der Waals surface area contributed by atoms with Crippen LogP contribution >= 0.6 is 0 Å². The molecule has 1 atom stereocenters. The third-order valence-corrected chi connectivity index (χ3v) is 5.14. The van der Waals surface area contributed by atoms with Gasteiger partial charge >= 0.3 is 0 Å². The third kappa shape index (κ3) is 3.61. The molecular formula is C23H24N2O2. The van der Waals surface area contributed by atoms with Gasteiger partial charge in [0, 0.05) is 35.9 Å². The van der Waals surface area contributed by atoms with E-state index in [9.17, 15) is 4.79 Å². The van der Waals surface area contributed by atoms with Crippen LogP contribution in [0.3, 0.4) is 0 Å². The summed E-state index contributed by atoms with van der Waals surface area (Å²) in [5.41, 5.74) is 3.43. The fourth-order valence-electron chi connectivity index (χ4n) is 3.53. The zero-order valence-corrected chi connectivity index (χ0v) is 15.7. The van der Waals surface area contributed by atoms with Crippen LogP contribution in [0.1, 0.15) is 13.3 Å². The minimum Gasteiger partial charge on any atom is -0.484 e. The van der Waals surface area contributed by atoms with E-state index in [2.05, 4.69) is 53.2 Å². The van der Waals surface area contributed by atoms with Crippen molar-refractivity contribution in [3.05, 3.63) is 66.3 Å². The number of allylic oxidation sites excluding steroid dienone is 2. The smallest absolute Gasteiger partial charge is 0.258 e. The largest absolute Gasteiger partial charge is 0.484 e. The molecule has 1 unspecified atom stereocenters. The summed E-state index contributed by atoms with van der Waals surface area (Å²) in [6.07, 6.45) is 7.48. The Labute approximate surface area is 159 Å². The maximum absolute atomic E-state index is 12.1. The number of rotatable bonds is 5. The molecule has 3 aromatic rings. The van der Waals surface area contributed by atoms with Crippen molar-refractivity contribution in [3.8, 4) is 5.75 Å². The van der Waals surface area contributed by atoms with Gasteiger partial charge in [0.25, 0.3) is 5.91 Å². The average Bonchev–Trinajstić information content (AvgIpc) is 2.98. The van der Waals surface area contributed by atoms with Crippen LogP contribution in [0.15, 0.2) is 66.3 Å². The fraction of sp³-hybridized carbons (Fsp3) is 0.261. The van der Waals surface area contributed by atoms with Crippen LogP contribution in [-0.2, 0) is 11.8 Å². The Kier molecular flexibility index (Phi) is 4.71. The highest BCUT2D eigenvalue weighted by atomic mass is 16.5. The number of aryl methyl sites for hydroxylation is 1. The highest BCUT2D eigenvalue weighted by Crippen LogP contribution is 2.30. The van der Waals surface area contributed by atoms with Crippen molar-refractivity contribution in [1.29, 1.82) is 0 Å². The molecule has 1 aromatic heterocycles. The maximum atomic E-state index is 12.1. The predicted octanol–water partition coefficient (Wildman–Crippen LogP) is 4.35. The minimum absolute atomic E-state index is 0.0167. The molecule has 138 valence electrons. The Balaban J connectivity index is 1.40. The number of nitrogens with zero attached hydrogens (tertiary/aromatic N) is 1. The first-order valence-electron chi connectivity index (χ1n) is 9.36. The van der Waals surface area contributed by atoms with E-state index in [0.717, 1.165) is 17.5 Å². The van der Waals surface area contributed by atoms with Crippen LogP contribution in [0.5, 0.6) is 5.75 Å². The van der Waals surface area contributed by atoms with Gasteiger partial charge in [-0.15, -0.1) is 0 Å². The summed E-state index contributed by atoms with van der Waals surface area (Å²) in [6.45, 7) is 2.75. The second-order valence-corrected chi connectivity index (χ2v) is 7.17. The molecule has 0 saturated heterocycles. The van der Waals surface area contributed by atoms with Crippen molar-refractivity contribution in [1.82, 2.24) is 9.88 Å². The molecule has 2 aromatic carbocycles. The second-order valence-electron chi connectivity index (χ2n) is 7.17. The quantitative estimate of drug-likeness (QED) is 0.735. The normalized spacial score (nSPS) is 16.5. The zero-order chi connectivity index (χ0) is 18.8. The van der Waals surface area contributed by atoms with Crippen LogP contribution < -0.4 is 10.1 Å². The lowest BCUT2D eigenvalue weighted by molar-refractivity contribution is -0.122. The number of amides is 1. The Hall–Kier alpha value is -3.01. The van der Waals surface area contributed by atoms with Gasteiger partial charge in [-0.05, 0) is 36.1 Å². The van der Waals surface area contributed by atoms with Crippen molar-refractivity contribution < 1.29 is 9.53 Å². The Morgan fingerprint density at radius 3 is 2.81 bits per heavy atom. The van der Waals surface area contributed by atoms with Crippen LogP contribution in [0.25, 0.3) is 21.8 Å². The molecule has 27 heavy (non-hydrogen) atoms. The molecule has 4 heteroatoms. The number of nitrogens with one attached hydrogen (secondary N) is 1. The van der Waals surface area contributed by atoms with Gasteiger partial charge < -0.3 is 14.6 Å². The first-order valence-corrected chi connectivity index (χ1v) is 9.36. The second kappa shape index (κ2) is 7.31. The van der Waals surface area contributed by atoms with E-state index in [1.807, 2.05) is 31.3 Å². The van der Waals surface area contributed by atoms with Crippen molar-refractivity contribution in [2.24, 2.45) is 13.0 Å². The summed E-state index contributed by atoms with van der Waals surface area (Å²) >= 11 is 0. The predicted molar refractivity (Wildman–Crippen MR) is 110 cm³/mol. The lowest BCUT2D eigenvalue weighted by Gasteiger charge is -2.13. The van der Waals surface area contributed by atoms with Gasteiger partial charge in [-0.3, -0.25) is 4.79 Å². The highest BCUT2D eigenvalue weighted by molar-refractivity contribution is 6.08. The zero-order valence-electron chi connectivity index (χ0n) is 15.7. The van der Waals surface area contributed by atoms with Crippen molar-refractivity contribution in [2.45, 2.75) is 13.3 Å². The molecular weight excluding hydrogens is 336 g/mol. The van der Waals surface area contributed by atoms with E-state index >= 15 is 0 Å². The topological polar surface area (TPSA) is 43.3 Å². The summed E-state index contributed by atoms with van der Waals surface area (Å²) in [6, 6.07) is 14.3. The summed E-state index contributed by atoms with van der Waals surface area (Å²) in [4.78, 5) is 12.1. The van der Waals surface area contributed by atoms with Crippen LogP contribution in [0.4, 0.5) is 0 Å². The van der Waals surface area contributed by atoms with Gasteiger partial charge in [0.15, 0.2) is 6.61 Å². The van der Waals surface area contributed by atoms with Gasteiger partial charge in [0.1, 0.15) is 5.75 Å². The number of benzene rings is 2. The number of hydrogen-bond acceptors (Lipinski definition) is 2. The molecule has 0 spiro atoms. The maximum Gasteiger partial charge on any atom is 0.258 e. The molecule has 0 bridgehead atoms. The molecule has 4 nitrogen and oxygen atoms in total.